The molecule has 0 bridgehead atoms. The van der Waals surface area contributed by atoms with E-state index in [4.69, 9.17) is 11.6 Å². The fourth-order valence-corrected chi connectivity index (χ4v) is 3.71. The average Bonchev–Trinajstić information content (AvgIpc) is 3.33. The Hall–Kier alpha value is -0.770. The summed E-state index contributed by atoms with van der Waals surface area (Å²) >= 11 is 6.05. The van der Waals surface area contributed by atoms with E-state index < -0.39 is 0 Å². The van der Waals surface area contributed by atoms with Crippen molar-refractivity contribution < 1.29 is 4.79 Å². The molecular weight excluding hydrogens is 331 g/mol. The van der Waals surface area contributed by atoms with Gasteiger partial charge in [-0.3, -0.25) is 4.79 Å². The zero-order valence-electron chi connectivity index (χ0n) is 13.6. The molecule has 5 heteroatoms. The Kier molecular flexibility index (Phi) is 6.75. The molecule has 1 saturated carbocycles. The summed E-state index contributed by atoms with van der Waals surface area (Å²) in [5.41, 5.74) is 1.22. The predicted molar refractivity (Wildman–Crippen MR) is 97.4 cm³/mol. The predicted octanol–water partition coefficient (Wildman–Crippen LogP) is 3.71. The van der Waals surface area contributed by atoms with Crippen molar-refractivity contribution in [2.45, 2.75) is 32.1 Å². The number of nitrogens with zero attached hydrogens (tertiary/aromatic N) is 1. The Balaban J connectivity index is 0.00000192. The SMILES string of the molecule is CCNCC1CCN(C(=O)C2CC2c2cccc(Cl)c2)CC1.Cl. The maximum atomic E-state index is 12.6. The Labute approximate surface area is 150 Å². The van der Waals surface area contributed by atoms with E-state index in [0.717, 1.165) is 56.4 Å². The second kappa shape index (κ2) is 8.36. The van der Waals surface area contributed by atoms with Gasteiger partial charge in [-0.15, -0.1) is 12.4 Å². The van der Waals surface area contributed by atoms with Crippen LogP contribution < -0.4 is 5.32 Å². The lowest BCUT2D eigenvalue weighted by atomic mass is 9.96. The third-order valence-electron chi connectivity index (χ3n) is 4.99. The van der Waals surface area contributed by atoms with Crippen molar-refractivity contribution in [3.63, 3.8) is 0 Å². The lowest BCUT2D eigenvalue weighted by molar-refractivity contribution is -0.134. The van der Waals surface area contributed by atoms with Crippen LogP contribution in [0.4, 0.5) is 0 Å². The van der Waals surface area contributed by atoms with E-state index >= 15 is 0 Å². The Morgan fingerprint density at radius 1 is 1.35 bits per heavy atom. The molecule has 23 heavy (non-hydrogen) atoms. The smallest absolute Gasteiger partial charge is 0.226 e. The van der Waals surface area contributed by atoms with E-state index in [-0.39, 0.29) is 18.3 Å². The molecule has 3 rings (SSSR count). The second-order valence-electron chi connectivity index (χ2n) is 6.58. The topological polar surface area (TPSA) is 32.3 Å². The summed E-state index contributed by atoms with van der Waals surface area (Å²) in [5.74, 6) is 1.65. The number of hydrogen-bond donors (Lipinski definition) is 1. The van der Waals surface area contributed by atoms with Crippen molar-refractivity contribution in [2.24, 2.45) is 11.8 Å². The van der Waals surface area contributed by atoms with Crippen LogP contribution in [0.1, 0.15) is 37.7 Å². The van der Waals surface area contributed by atoms with Crippen molar-refractivity contribution >= 4 is 29.9 Å². The number of nitrogens with one attached hydrogen (secondary N) is 1. The van der Waals surface area contributed by atoms with Gasteiger partial charge < -0.3 is 10.2 Å². The van der Waals surface area contributed by atoms with Gasteiger partial charge in [0.2, 0.25) is 5.91 Å². The summed E-state index contributed by atoms with van der Waals surface area (Å²) in [6, 6.07) is 7.96. The molecule has 1 amide bonds. The summed E-state index contributed by atoms with van der Waals surface area (Å²) in [5, 5.41) is 4.18. The number of amides is 1. The molecule has 1 aromatic carbocycles. The van der Waals surface area contributed by atoms with E-state index in [9.17, 15) is 4.79 Å². The maximum absolute atomic E-state index is 12.6. The molecule has 2 unspecified atom stereocenters. The number of piperidine rings is 1. The van der Waals surface area contributed by atoms with Crippen LogP contribution in [0.15, 0.2) is 24.3 Å². The summed E-state index contributed by atoms with van der Waals surface area (Å²) in [4.78, 5) is 14.7. The fourth-order valence-electron chi connectivity index (χ4n) is 3.51. The minimum absolute atomic E-state index is 0. The highest BCUT2D eigenvalue weighted by atomic mass is 35.5. The normalized spacial score (nSPS) is 24.2. The quantitative estimate of drug-likeness (QED) is 0.871. The first-order chi connectivity index (χ1) is 10.7. The molecule has 1 N–H and O–H groups in total. The van der Waals surface area contributed by atoms with Crippen LogP contribution in [0, 0.1) is 11.8 Å². The first kappa shape index (κ1) is 18.6. The van der Waals surface area contributed by atoms with Crippen LogP contribution in [-0.2, 0) is 4.79 Å². The first-order valence-corrected chi connectivity index (χ1v) is 8.81. The largest absolute Gasteiger partial charge is 0.342 e. The average molecular weight is 357 g/mol. The number of carbonyl (C=O) groups is 1. The Bertz CT molecular complexity index is 530. The molecule has 2 aliphatic rings. The lowest BCUT2D eigenvalue weighted by Crippen LogP contribution is -2.41. The highest BCUT2D eigenvalue weighted by Gasteiger charge is 2.46. The van der Waals surface area contributed by atoms with Gasteiger partial charge in [-0.1, -0.05) is 30.7 Å². The highest BCUT2D eigenvalue weighted by Crippen LogP contribution is 2.49. The van der Waals surface area contributed by atoms with Crippen LogP contribution in [0.25, 0.3) is 0 Å². The number of benzene rings is 1. The summed E-state index contributed by atoms with van der Waals surface area (Å²) in [6.07, 6.45) is 3.25. The van der Waals surface area contributed by atoms with Gasteiger partial charge >= 0.3 is 0 Å². The zero-order valence-corrected chi connectivity index (χ0v) is 15.2. The summed E-state index contributed by atoms with van der Waals surface area (Å²) in [6.45, 7) is 6.11. The Morgan fingerprint density at radius 2 is 2.09 bits per heavy atom. The first-order valence-electron chi connectivity index (χ1n) is 8.44. The molecule has 3 nitrogen and oxygen atoms in total. The van der Waals surface area contributed by atoms with Crippen molar-refractivity contribution in [3.8, 4) is 0 Å². The molecule has 2 atom stereocenters. The number of rotatable bonds is 5. The molecule has 2 fully saturated rings. The van der Waals surface area contributed by atoms with Crippen LogP contribution in [-0.4, -0.2) is 37.0 Å². The molecule has 1 saturated heterocycles. The lowest BCUT2D eigenvalue weighted by Gasteiger charge is -2.32. The number of hydrogen-bond acceptors (Lipinski definition) is 2. The van der Waals surface area contributed by atoms with Crippen LogP contribution in [0.5, 0.6) is 0 Å². The van der Waals surface area contributed by atoms with Crippen LogP contribution >= 0.6 is 24.0 Å². The zero-order chi connectivity index (χ0) is 15.5. The van der Waals surface area contributed by atoms with E-state index in [2.05, 4.69) is 23.2 Å². The van der Waals surface area contributed by atoms with E-state index in [0.29, 0.717) is 11.8 Å². The van der Waals surface area contributed by atoms with Crippen molar-refractivity contribution in [1.29, 1.82) is 0 Å². The number of halogens is 2. The molecule has 0 radical (unpaired) electrons. The van der Waals surface area contributed by atoms with Gasteiger partial charge in [-0.05, 0) is 61.9 Å². The molecule has 1 heterocycles. The van der Waals surface area contributed by atoms with Crippen molar-refractivity contribution in [2.75, 3.05) is 26.2 Å². The summed E-state index contributed by atoms with van der Waals surface area (Å²) < 4.78 is 0. The van der Waals surface area contributed by atoms with Gasteiger partial charge in [0, 0.05) is 24.0 Å². The van der Waals surface area contributed by atoms with Crippen molar-refractivity contribution in [3.05, 3.63) is 34.9 Å². The third-order valence-corrected chi connectivity index (χ3v) is 5.23. The third kappa shape index (κ3) is 4.62. The molecule has 128 valence electrons. The molecular formula is C18H26Cl2N2O. The van der Waals surface area contributed by atoms with Gasteiger partial charge in [0.25, 0.3) is 0 Å². The van der Waals surface area contributed by atoms with E-state index in [1.54, 1.807) is 0 Å². The molecule has 0 spiro atoms. The van der Waals surface area contributed by atoms with Gasteiger partial charge in [0.15, 0.2) is 0 Å². The fraction of sp³-hybridized carbons (Fsp3) is 0.611. The number of carbonyl (C=O) groups excluding carboxylic acids is 1. The van der Waals surface area contributed by atoms with Gasteiger partial charge in [0.05, 0.1) is 0 Å². The Morgan fingerprint density at radius 3 is 2.74 bits per heavy atom. The second-order valence-corrected chi connectivity index (χ2v) is 7.02. The number of likely N-dealkylation sites (tertiary alicyclic amines) is 1. The molecule has 0 aromatic heterocycles. The van der Waals surface area contributed by atoms with Crippen molar-refractivity contribution in [1.82, 2.24) is 10.2 Å². The van der Waals surface area contributed by atoms with Crippen LogP contribution in [0.2, 0.25) is 5.02 Å². The highest BCUT2D eigenvalue weighted by molar-refractivity contribution is 6.30. The van der Waals surface area contributed by atoms with Crippen LogP contribution in [0.3, 0.4) is 0 Å². The monoisotopic (exact) mass is 356 g/mol. The molecule has 1 aliphatic carbocycles. The van der Waals surface area contributed by atoms with Gasteiger partial charge in [-0.2, -0.15) is 0 Å². The van der Waals surface area contributed by atoms with Gasteiger partial charge in [-0.25, -0.2) is 0 Å². The summed E-state index contributed by atoms with van der Waals surface area (Å²) in [7, 11) is 0. The minimum Gasteiger partial charge on any atom is -0.342 e. The molecule has 1 aliphatic heterocycles. The van der Waals surface area contributed by atoms with E-state index in [1.165, 1.54) is 5.56 Å². The van der Waals surface area contributed by atoms with E-state index in [1.807, 2.05) is 18.2 Å². The maximum Gasteiger partial charge on any atom is 0.226 e. The standard InChI is InChI=1S/C18H25ClN2O.ClH/c1-2-20-12-13-6-8-21(9-7-13)18(22)17-11-16(17)14-4-3-5-15(19)10-14;/h3-5,10,13,16-17,20H,2,6-9,11-12H2,1H3;1H. The minimum atomic E-state index is 0. The molecule has 1 aromatic rings. The van der Waals surface area contributed by atoms with Gasteiger partial charge in [0.1, 0.15) is 0 Å².